The fourth-order valence-electron chi connectivity index (χ4n) is 9.44. The summed E-state index contributed by atoms with van der Waals surface area (Å²) < 4.78 is 6.56. The van der Waals surface area contributed by atoms with Gasteiger partial charge in [0.1, 0.15) is 0 Å². The first-order valence-corrected chi connectivity index (χ1v) is 22.5. The molecule has 1 aliphatic heterocycles. The molecule has 6 heteroatoms. The summed E-state index contributed by atoms with van der Waals surface area (Å²) >= 11 is 0.194. The van der Waals surface area contributed by atoms with E-state index in [0.29, 0.717) is 17.7 Å². The molecule has 0 aromatic rings. The first-order valence-electron chi connectivity index (χ1n) is 17.5. The van der Waals surface area contributed by atoms with Crippen molar-refractivity contribution in [3.05, 3.63) is 29.2 Å². The molecule has 0 saturated heterocycles. The molecule has 0 N–H and O–H groups in total. The molecule has 5 aliphatic rings. The summed E-state index contributed by atoms with van der Waals surface area (Å²) in [5, 5.41) is 5.86. The van der Waals surface area contributed by atoms with Crippen molar-refractivity contribution in [1.29, 1.82) is 0 Å². The second-order valence-electron chi connectivity index (χ2n) is 14.6. The van der Waals surface area contributed by atoms with Gasteiger partial charge in [-0.3, -0.25) is 4.74 Å². The first-order chi connectivity index (χ1) is 19.9. The molecular weight excluding hydrogens is 606 g/mol. The van der Waals surface area contributed by atoms with Crippen LogP contribution in [0, 0.1) is 29.6 Å². The number of halogens is 2. The molecule has 4 fully saturated rings. The number of nitrogens with zero attached hydrogens (tertiary/aromatic N) is 2. The Hall–Kier alpha value is 0.609. The number of rotatable bonds is 7. The SMILES string of the molecule is CC(C)C1CCCC(C(C)C)C1N=P(C1CCCCC1)(C1CCCCC1)C1C=CC=C(C2CCCCC2)[N-]1.[Cl][Fe+][Cl]. The fraction of sp³-hybridized carbons (Fsp3) is 0.886. The van der Waals surface area contributed by atoms with E-state index in [1.54, 1.807) is 0 Å². The van der Waals surface area contributed by atoms with Crippen LogP contribution in [-0.2, 0) is 13.1 Å². The van der Waals surface area contributed by atoms with Crippen molar-refractivity contribution in [1.82, 2.24) is 0 Å². The van der Waals surface area contributed by atoms with E-state index >= 15 is 0 Å². The third-order valence-corrected chi connectivity index (χ3v) is 16.8. The van der Waals surface area contributed by atoms with Gasteiger partial charge in [-0.05, 0) is 99.3 Å². The van der Waals surface area contributed by atoms with E-state index in [9.17, 15) is 0 Å². The molecule has 4 saturated carbocycles. The van der Waals surface area contributed by atoms with Gasteiger partial charge in [0.15, 0.2) is 0 Å². The number of hydrogen-bond donors (Lipinski definition) is 0. The van der Waals surface area contributed by atoms with Crippen LogP contribution in [0.5, 0.6) is 0 Å². The zero-order chi connectivity index (χ0) is 29.2. The van der Waals surface area contributed by atoms with E-state index in [1.165, 1.54) is 121 Å². The van der Waals surface area contributed by atoms with Crippen molar-refractivity contribution in [2.24, 2.45) is 34.3 Å². The van der Waals surface area contributed by atoms with E-state index < -0.39 is 7.05 Å². The van der Waals surface area contributed by atoms with Crippen molar-refractivity contribution >= 4 is 27.3 Å². The van der Waals surface area contributed by atoms with Crippen molar-refractivity contribution in [3.63, 3.8) is 0 Å². The molecule has 41 heavy (non-hydrogen) atoms. The van der Waals surface area contributed by atoms with Crippen LogP contribution in [0.25, 0.3) is 5.32 Å². The first kappa shape index (κ1) is 34.5. The summed E-state index contributed by atoms with van der Waals surface area (Å²) in [4.78, 5) is 0. The molecule has 0 spiro atoms. The van der Waals surface area contributed by atoms with Crippen LogP contribution < -0.4 is 0 Å². The van der Waals surface area contributed by atoms with E-state index in [-0.39, 0.29) is 13.1 Å². The summed E-state index contributed by atoms with van der Waals surface area (Å²) in [6.07, 6.45) is 33.0. The van der Waals surface area contributed by atoms with Gasteiger partial charge in [-0.1, -0.05) is 116 Å². The van der Waals surface area contributed by atoms with Gasteiger partial charge in [0.05, 0.1) is 6.04 Å². The predicted molar refractivity (Wildman–Crippen MR) is 180 cm³/mol. The molecule has 0 aromatic heterocycles. The average molecular weight is 667 g/mol. The standard InChI is InChI=1S/C35H60N2P.2ClH.Fe/c1-26(2)31-22-14-23-32(27(3)4)35(31)37-38(29-18-10-6-11-19-29,30-20-12-7-13-21-30)34-25-15-24-33(36-34)28-16-8-5-9-17-28;;;/h15,24-32,34-35H,5-14,16-23H2,1-4H3;2*1H;/q-1;;;+3/p-2. The van der Waals surface area contributed by atoms with Gasteiger partial charge in [-0.2, -0.15) is 5.70 Å². The van der Waals surface area contributed by atoms with E-state index in [0.717, 1.165) is 35.0 Å². The van der Waals surface area contributed by atoms with E-state index in [1.807, 2.05) is 0 Å². The van der Waals surface area contributed by atoms with Gasteiger partial charge >= 0.3 is 33.3 Å². The summed E-state index contributed by atoms with van der Waals surface area (Å²) in [5.74, 6) is 4.09. The molecule has 1 heterocycles. The van der Waals surface area contributed by atoms with Gasteiger partial charge in [0, 0.05) is 0 Å². The molecule has 0 aromatic carbocycles. The summed E-state index contributed by atoms with van der Waals surface area (Å²) in [7, 11) is 7.83. The zero-order valence-electron chi connectivity index (χ0n) is 26.6. The number of hydrogen-bond acceptors (Lipinski definition) is 1. The molecule has 5 rings (SSSR count). The minimum absolute atomic E-state index is 0.194. The minimum atomic E-state index is -1.70. The third-order valence-electron chi connectivity index (χ3n) is 11.6. The summed E-state index contributed by atoms with van der Waals surface area (Å²) in [6.45, 7) is 10.0. The second-order valence-corrected chi connectivity index (χ2v) is 20.3. The third kappa shape index (κ3) is 8.66. The zero-order valence-corrected chi connectivity index (χ0v) is 30.1. The normalized spacial score (nSPS) is 30.9. The van der Waals surface area contributed by atoms with Crippen molar-refractivity contribution in [3.8, 4) is 0 Å². The molecule has 3 atom stereocenters. The Morgan fingerprint density at radius 2 is 1.17 bits per heavy atom. The van der Waals surface area contributed by atoms with Crippen molar-refractivity contribution in [2.45, 2.75) is 166 Å². The molecular formula is C35H60Cl2FeN2P. The number of allylic oxidation sites excluding steroid dienone is 3. The molecule has 237 valence electrons. The quantitative estimate of drug-likeness (QED) is 0.191. The Balaban J connectivity index is 0.00000124. The van der Waals surface area contributed by atoms with Gasteiger partial charge in [-0.15, -0.1) is 0 Å². The Kier molecular flexibility index (Phi) is 14.6. The van der Waals surface area contributed by atoms with Crippen molar-refractivity contribution < 1.29 is 13.1 Å². The molecule has 2 nitrogen and oxygen atoms in total. The van der Waals surface area contributed by atoms with Crippen LogP contribution in [0.3, 0.4) is 0 Å². The summed E-state index contributed by atoms with van der Waals surface area (Å²) in [6, 6.07) is 0.563. The second kappa shape index (κ2) is 17.3. The molecule has 4 aliphatic carbocycles. The maximum absolute atomic E-state index is 6.56. The van der Waals surface area contributed by atoms with Crippen LogP contribution in [0.4, 0.5) is 0 Å². The Morgan fingerprint density at radius 3 is 1.63 bits per heavy atom. The van der Waals surface area contributed by atoms with Crippen LogP contribution in [0.1, 0.15) is 143 Å². The van der Waals surface area contributed by atoms with Crippen LogP contribution in [0.15, 0.2) is 28.7 Å². The van der Waals surface area contributed by atoms with Gasteiger partial charge < -0.3 is 5.32 Å². The predicted octanol–water partition coefficient (Wildman–Crippen LogP) is 13.1. The summed E-state index contributed by atoms with van der Waals surface area (Å²) in [5.41, 5.74) is 3.12. The monoisotopic (exact) mass is 665 g/mol. The van der Waals surface area contributed by atoms with E-state index in [2.05, 4.69) is 45.9 Å². The van der Waals surface area contributed by atoms with Crippen LogP contribution in [0.2, 0.25) is 0 Å². The van der Waals surface area contributed by atoms with Crippen LogP contribution in [-0.4, -0.2) is 23.1 Å². The average Bonchev–Trinajstić information content (AvgIpc) is 3.01. The van der Waals surface area contributed by atoms with Gasteiger partial charge in [-0.25, -0.2) is 0 Å². The maximum atomic E-state index is 6.56. The topological polar surface area (TPSA) is 26.5 Å². The molecule has 3 unspecified atom stereocenters. The molecule has 0 amide bonds. The van der Waals surface area contributed by atoms with Crippen molar-refractivity contribution in [2.75, 3.05) is 0 Å². The molecule has 0 radical (unpaired) electrons. The van der Waals surface area contributed by atoms with Crippen LogP contribution >= 0.6 is 27.3 Å². The molecule has 0 bridgehead atoms. The fourth-order valence-corrected chi connectivity index (χ4v) is 15.3. The Labute approximate surface area is 269 Å². The van der Waals surface area contributed by atoms with Gasteiger partial charge in [0.25, 0.3) is 0 Å². The Morgan fingerprint density at radius 1 is 0.707 bits per heavy atom. The van der Waals surface area contributed by atoms with E-state index in [4.69, 9.17) is 30.3 Å². The Bertz CT molecular complexity index is 847. The van der Waals surface area contributed by atoms with Gasteiger partial charge in [0.2, 0.25) is 0 Å².